The SMILES string of the molecule is [2H]C([2H])([2H])c1ccc(-c2cc[n+](C)c(-c3c(C)c4ccccc4c4c3oc3nc(C([2H])([2H])[2H])ccc34)c2)cc1. The summed E-state index contributed by atoms with van der Waals surface area (Å²) in [4.78, 5) is 4.39. The number of fused-ring (bicyclic) bond motifs is 5. The Bertz CT molecular complexity index is 1900. The summed E-state index contributed by atoms with van der Waals surface area (Å²) in [5.74, 6) is 0. The molecule has 0 aliphatic heterocycles. The molecule has 0 saturated carbocycles. The first kappa shape index (κ1) is 14.2. The van der Waals surface area contributed by atoms with Gasteiger partial charge in [0.1, 0.15) is 7.05 Å². The van der Waals surface area contributed by atoms with Crippen molar-refractivity contribution in [3.8, 4) is 22.4 Å². The highest BCUT2D eigenvalue weighted by molar-refractivity contribution is 6.23. The van der Waals surface area contributed by atoms with E-state index in [2.05, 4.69) is 24.0 Å². The smallest absolute Gasteiger partial charge is 0.227 e. The third-order valence-corrected chi connectivity index (χ3v) is 6.38. The molecule has 0 aliphatic carbocycles. The molecule has 3 aromatic carbocycles. The Balaban J connectivity index is 1.64. The second-order valence-electron chi connectivity index (χ2n) is 8.39. The molecule has 3 aromatic heterocycles. The zero-order chi connectivity index (χ0) is 27.7. The van der Waals surface area contributed by atoms with E-state index < -0.39 is 13.7 Å². The van der Waals surface area contributed by atoms with E-state index in [4.69, 9.17) is 12.6 Å². The molecule has 160 valence electrons. The minimum atomic E-state index is -2.34. The lowest BCUT2D eigenvalue weighted by molar-refractivity contribution is -0.660. The van der Waals surface area contributed by atoms with Crippen molar-refractivity contribution in [2.24, 2.45) is 7.05 Å². The van der Waals surface area contributed by atoms with Crippen LogP contribution >= 0.6 is 0 Å². The monoisotopic (exact) mass is 435 g/mol. The van der Waals surface area contributed by atoms with Gasteiger partial charge >= 0.3 is 0 Å². The summed E-state index contributed by atoms with van der Waals surface area (Å²) in [6.07, 6.45) is 1.97. The number of aryl methyl sites for hydroxylation is 4. The quantitative estimate of drug-likeness (QED) is 0.269. The predicted octanol–water partition coefficient (Wildman–Crippen LogP) is 7.22. The molecular formula is C30H25N2O+. The van der Waals surface area contributed by atoms with Gasteiger partial charge in [0.2, 0.25) is 11.4 Å². The van der Waals surface area contributed by atoms with Crippen LogP contribution in [0.4, 0.5) is 0 Å². The molecule has 0 bridgehead atoms. The molecule has 3 heteroatoms. The largest absolute Gasteiger partial charge is 0.437 e. The maximum absolute atomic E-state index is 7.80. The van der Waals surface area contributed by atoms with Crippen molar-refractivity contribution < 1.29 is 17.2 Å². The van der Waals surface area contributed by atoms with Gasteiger partial charge in [-0.15, -0.1) is 0 Å². The minimum absolute atomic E-state index is 0.00955. The van der Waals surface area contributed by atoms with Gasteiger partial charge in [0, 0.05) is 36.8 Å². The van der Waals surface area contributed by atoms with Crippen molar-refractivity contribution in [3.05, 3.63) is 95.8 Å². The van der Waals surface area contributed by atoms with Gasteiger partial charge in [-0.05, 0) is 60.2 Å². The van der Waals surface area contributed by atoms with Crippen LogP contribution in [0.15, 0.2) is 83.4 Å². The molecule has 33 heavy (non-hydrogen) atoms. The van der Waals surface area contributed by atoms with Crippen LogP contribution in [-0.2, 0) is 7.05 Å². The molecule has 0 N–H and O–H groups in total. The fourth-order valence-electron chi connectivity index (χ4n) is 4.72. The Hall–Kier alpha value is -3.98. The van der Waals surface area contributed by atoms with Crippen molar-refractivity contribution in [3.63, 3.8) is 0 Å². The lowest BCUT2D eigenvalue weighted by atomic mass is 9.92. The van der Waals surface area contributed by atoms with Crippen LogP contribution in [0.5, 0.6) is 0 Å². The highest BCUT2D eigenvalue weighted by Crippen LogP contribution is 2.42. The number of benzene rings is 3. The van der Waals surface area contributed by atoms with Crippen LogP contribution in [0.3, 0.4) is 0 Å². The van der Waals surface area contributed by atoms with Gasteiger partial charge in [-0.1, -0.05) is 54.1 Å². The van der Waals surface area contributed by atoms with Crippen molar-refractivity contribution >= 4 is 32.8 Å². The van der Waals surface area contributed by atoms with E-state index in [-0.39, 0.29) is 11.4 Å². The summed E-state index contributed by atoms with van der Waals surface area (Å²) in [5.41, 5.74) is 5.86. The van der Waals surface area contributed by atoms with Crippen LogP contribution in [-0.4, -0.2) is 4.98 Å². The first-order chi connectivity index (χ1) is 18.4. The van der Waals surface area contributed by atoms with Crippen LogP contribution in [0.25, 0.3) is 55.2 Å². The zero-order valence-corrected chi connectivity index (χ0v) is 18.3. The molecule has 0 unspecified atom stereocenters. The Morgan fingerprint density at radius 2 is 1.67 bits per heavy atom. The first-order valence-electron chi connectivity index (χ1n) is 13.8. The van der Waals surface area contributed by atoms with E-state index in [0.29, 0.717) is 11.1 Å². The zero-order valence-electron chi connectivity index (χ0n) is 24.3. The summed E-state index contributed by atoms with van der Waals surface area (Å²) < 4.78 is 54.8. The molecule has 0 saturated heterocycles. The van der Waals surface area contributed by atoms with Crippen molar-refractivity contribution in [2.75, 3.05) is 0 Å². The average molecular weight is 436 g/mol. The second kappa shape index (κ2) is 7.28. The molecular weight excluding hydrogens is 404 g/mol. The molecule has 6 aromatic rings. The van der Waals surface area contributed by atoms with E-state index in [1.165, 1.54) is 0 Å². The van der Waals surface area contributed by atoms with Gasteiger partial charge in [0.15, 0.2) is 11.8 Å². The number of furan rings is 1. The van der Waals surface area contributed by atoms with Gasteiger partial charge in [-0.2, -0.15) is 0 Å². The van der Waals surface area contributed by atoms with Crippen LogP contribution in [0.1, 0.15) is 25.0 Å². The molecule has 3 nitrogen and oxygen atoms in total. The summed E-state index contributed by atoms with van der Waals surface area (Å²) in [5, 5.41) is 3.72. The Morgan fingerprint density at radius 1 is 0.848 bits per heavy atom. The van der Waals surface area contributed by atoms with E-state index in [0.717, 1.165) is 49.5 Å². The number of hydrogen-bond donors (Lipinski definition) is 0. The fraction of sp³-hybridized carbons (Fsp3) is 0.133. The normalized spacial score (nSPS) is 15.1. The van der Waals surface area contributed by atoms with E-state index in [9.17, 15) is 0 Å². The summed E-state index contributed by atoms with van der Waals surface area (Å²) in [6.45, 7) is -2.44. The predicted molar refractivity (Wildman–Crippen MR) is 135 cm³/mol. The fourth-order valence-corrected chi connectivity index (χ4v) is 4.72. The molecule has 3 heterocycles. The molecule has 0 spiro atoms. The van der Waals surface area contributed by atoms with Crippen LogP contribution < -0.4 is 4.57 Å². The number of aromatic nitrogens is 2. The molecule has 0 atom stereocenters. The maximum Gasteiger partial charge on any atom is 0.227 e. The highest BCUT2D eigenvalue weighted by atomic mass is 16.3. The van der Waals surface area contributed by atoms with E-state index in [1.807, 2.05) is 54.2 Å². The lowest BCUT2D eigenvalue weighted by Gasteiger charge is -2.11. The average Bonchev–Trinajstić information content (AvgIpc) is 3.27. The Labute approximate surface area is 201 Å². The van der Waals surface area contributed by atoms with Crippen LogP contribution in [0, 0.1) is 20.6 Å². The molecule has 0 fully saturated rings. The second-order valence-corrected chi connectivity index (χ2v) is 8.39. The third-order valence-electron chi connectivity index (χ3n) is 6.38. The first-order valence-corrected chi connectivity index (χ1v) is 10.8. The maximum atomic E-state index is 7.80. The third kappa shape index (κ3) is 3.04. The summed E-state index contributed by atoms with van der Waals surface area (Å²) in [7, 11) is 1.96. The van der Waals surface area contributed by atoms with Gasteiger partial charge < -0.3 is 4.42 Å². The van der Waals surface area contributed by atoms with Gasteiger partial charge in [-0.3, -0.25) is 0 Å². The Morgan fingerprint density at radius 3 is 2.45 bits per heavy atom. The van der Waals surface area contributed by atoms with Gasteiger partial charge in [-0.25, -0.2) is 9.55 Å². The van der Waals surface area contributed by atoms with E-state index in [1.54, 1.807) is 24.3 Å². The van der Waals surface area contributed by atoms with Crippen molar-refractivity contribution in [2.45, 2.75) is 20.6 Å². The van der Waals surface area contributed by atoms with E-state index >= 15 is 0 Å². The molecule has 0 amide bonds. The summed E-state index contributed by atoms with van der Waals surface area (Å²) >= 11 is 0. The number of hydrogen-bond acceptors (Lipinski definition) is 2. The van der Waals surface area contributed by atoms with Crippen molar-refractivity contribution in [1.82, 2.24) is 4.98 Å². The number of rotatable bonds is 2. The van der Waals surface area contributed by atoms with Gasteiger partial charge in [0.25, 0.3) is 0 Å². The molecule has 0 radical (unpaired) electrons. The Kier molecular flexibility index (Phi) is 3.14. The topological polar surface area (TPSA) is 29.9 Å². The number of nitrogens with zero attached hydrogens (tertiary/aromatic N) is 2. The number of pyridine rings is 2. The highest BCUT2D eigenvalue weighted by Gasteiger charge is 2.24. The molecule has 0 aliphatic rings. The van der Waals surface area contributed by atoms with Gasteiger partial charge in [0.05, 0.1) is 5.56 Å². The standard InChI is InChI=1S/C30H25N2O/c1-18-9-12-21(13-10-18)22-15-16-32(4)26(17-22)27-20(3)23-7-5-6-8-24(23)28-25-14-11-19(2)31-30(25)33-29(27)28/h5-17H,1-4H3/q+1/i1D3,2D3. The summed E-state index contributed by atoms with van der Waals surface area (Å²) in [6, 6.07) is 22.4. The van der Waals surface area contributed by atoms with Crippen molar-refractivity contribution in [1.29, 1.82) is 0 Å². The lowest BCUT2D eigenvalue weighted by Crippen LogP contribution is -2.30. The minimum Gasteiger partial charge on any atom is -0.437 e. The van der Waals surface area contributed by atoms with Crippen LogP contribution in [0.2, 0.25) is 0 Å². The molecule has 6 rings (SSSR count).